The highest BCUT2D eigenvalue weighted by Crippen LogP contribution is 2.56. The fraction of sp³-hybridized carbons (Fsp3) is 0.472. The number of carbonyl (C=O) groups is 4. The normalized spacial score (nSPS) is 19.7. The van der Waals surface area contributed by atoms with E-state index in [1.165, 1.54) is 28.5 Å². The summed E-state index contributed by atoms with van der Waals surface area (Å²) in [6, 6.07) is 18.0. The SMILES string of the molecule is CNC(=O)CCC(C=O)N1Cc2cc(C3(O)CCN(Cc4ccc(CN5CC6(CC(c7ccc(Nc8ncc9c(C)c(C(C)=O)c(=O)n(C%10CCCC%10)c9n8)nc7)C6)C5)cc4)CC3)ccc2C1=O. The van der Waals surface area contributed by atoms with Gasteiger partial charge in [-0.25, -0.2) is 9.97 Å². The van der Waals surface area contributed by atoms with Gasteiger partial charge in [0.15, 0.2) is 5.78 Å². The van der Waals surface area contributed by atoms with E-state index in [0.29, 0.717) is 52.7 Å². The molecule has 1 atom stereocenters. The highest BCUT2D eigenvalue weighted by molar-refractivity contribution is 6.00. The van der Waals surface area contributed by atoms with E-state index in [9.17, 15) is 29.1 Å². The van der Waals surface area contributed by atoms with Gasteiger partial charge in [-0.1, -0.05) is 55.3 Å². The van der Waals surface area contributed by atoms with Crippen LogP contribution in [0.15, 0.2) is 71.8 Å². The van der Waals surface area contributed by atoms with Crippen molar-refractivity contribution >= 4 is 46.7 Å². The number of aliphatic hydroxyl groups is 1. The molecule has 2 saturated heterocycles. The Bertz CT molecular complexity index is 2820. The number of benzene rings is 2. The molecule has 3 aromatic heterocycles. The molecule has 5 aliphatic rings. The summed E-state index contributed by atoms with van der Waals surface area (Å²) in [5, 5.41) is 18.3. The molecule has 15 nitrogen and oxygen atoms in total. The number of nitrogens with zero attached hydrogens (tertiary/aromatic N) is 7. The third-order valence-electron chi connectivity index (χ3n) is 15.7. The first kappa shape index (κ1) is 45.6. The van der Waals surface area contributed by atoms with Gasteiger partial charge in [-0.2, -0.15) is 4.98 Å². The fourth-order valence-electron chi connectivity index (χ4n) is 11.9. The largest absolute Gasteiger partial charge is 0.385 e. The van der Waals surface area contributed by atoms with Crippen LogP contribution in [0.25, 0.3) is 11.0 Å². The van der Waals surface area contributed by atoms with Crippen LogP contribution < -0.4 is 16.2 Å². The monoisotopic (exact) mass is 919 g/mol. The average molecular weight is 920 g/mol. The standard InChI is InChI=1S/C53H61N9O6/c1-33-44-26-56-51(58-48(44)62(41-6-4-5-7-41)50(67)47(33)34(2)64)57-45-16-12-37(25-55-45)39-23-52(24-39)31-60(32-52)28-36-10-8-35(9-11-36)27-59-20-18-53(68,19-21-59)40-13-15-43-38(22-40)29-61(49(43)66)42(30-63)14-17-46(65)54-3/h8-13,15-16,22,25-26,30,39,41-42,68H,4-7,14,17-21,23-24,27-29,31-32H2,1-3H3,(H,54,65)(H,55,56,57,58). The lowest BCUT2D eigenvalue weighted by Crippen LogP contribution is -2.61. The Morgan fingerprint density at radius 2 is 1.63 bits per heavy atom. The third kappa shape index (κ3) is 8.75. The van der Waals surface area contributed by atoms with Crippen LogP contribution in [0.5, 0.6) is 0 Å². The Morgan fingerprint density at radius 1 is 0.926 bits per heavy atom. The summed E-state index contributed by atoms with van der Waals surface area (Å²) in [7, 11) is 1.55. The second-order valence-electron chi connectivity index (χ2n) is 20.3. The van der Waals surface area contributed by atoms with Gasteiger partial charge in [0.1, 0.15) is 17.8 Å². The van der Waals surface area contributed by atoms with Gasteiger partial charge in [-0.05, 0) is 116 Å². The molecule has 68 heavy (non-hydrogen) atoms. The molecule has 10 rings (SSSR count). The number of pyridine rings is 2. The molecule has 3 aliphatic heterocycles. The number of aromatic nitrogens is 4. The highest BCUT2D eigenvalue weighted by atomic mass is 16.3. The molecule has 2 aromatic carbocycles. The number of aldehydes is 1. The van der Waals surface area contributed by atoms with E-state index in [-0.39, 0.29) is 54.1 Å². The minimum absolute atomic E-state index is 0.0189. The van der Waals surface area contributed by atoms with E-state index in [2.05, 4.69) is 55.7 Å². The van der Waals surface area contributed by atoms with E-state index in [1.807, 2.05) is 24.4 Å². The Hall–Kier alpha value is -6.16. The summed E-state index contributed by atoms with van der Waals surface area (Å²) in [5.41, 5.74) is 6.50. The number of likely N-dealkylation sites (tertiary alicyclic amines) is 2. The minimum atomic E-state index is -0.993. The zero-order valence-corrected chi connectivity index (χ0v) is 39.3. The number of anilines is 2. The van der Waals surface area contributed by atoms with Gasteiger partial charge in [0, 0.05) is 88.7 Å². The molecular formula is C53H61N9O6. The second-order valence-corrected chi connectivity index (χ2v) is 20.3. The number of hydrogen-bond donors (Lipinski definition) is 3. The van der Waals surface area contributed by atoms with Crippen LogP contribution in [0.1, 0.15) is 137 Å². The summed E-state index contributed by atoms with van der Waals surface area (Å²) in [6.07, 6.45) is 12.2. The van der Waals surface area contributed by atoms with E-state index in [0.717, 1.165) is 101 Å². The van der Waals surface area contributed by atoms with Crippen molar-refractivity contribution in [2.75, 3.05) is 38.5 Å². The molecule has 2 amide bonds. The van der Waals surface area contributed by atoms with Crippen LogP contribution in [0.2, 0.25) is 0 Å². The van der Waals surface area contributed by atoms with Crippen LogP contribution >= 0.6 is 0 Å². The maximum atomic E-state index is 13.6. The zero-order valence-electron chi connectivity index (χ0n) is 39.3. The van der Waals surface area contributed by atoms with Crippen LogP contribution in [0.3, 0.4) is 0 Å². The predicted octanol–water partition coefficient (Wildman–Crippen LogP) is 6.47. The van der Waals surface area contributed by atoms with Crippen molar-refractivity contribution in [2.24, 2.45) is 5.41 Å². The van der Waals surface area contributed by atoms with Crippen LogP contribution in [0, 0.1) is 12.3 Å². The Kier molecular flexibility index (Phi) is 12.3. The molecule has 2 aliphatic carbocycles. The lowest BCUT2D eigenvalue weighted by atomic mass is 9.56. The predicted molar refractivity (Wildman–Crippen MR) is 258 cm³/mol. The molecule has 4 fully saturated rings. The van der Waals surface area contributed by atoms with Gasteiger partial charge in [-0.15, -0.1) is 0 Å². The number of Topliss-reactive ketones (excluding diaryl/α,β-unsaturated/α-hetero) is 1. The Labute approximate surface area is 396 Å². The second kappa shape index (κ2) is 18.4. The van der Waals surface area contributed by atoms with Crippen LogP contribution in [-0.4, -0.2) is 102 Å². The molecule has 354 valence electrons. The van der Waals surface area contributed by atoms with Gasteiger partial charge in [0.2, 0.25) is 11.9 Å². The Balaban J connectivity index is 0.676. The van der Waals surface area contributed by atoms with Crippen molar-refractivity contribution in [2.45, 2.75) is 121 Å². The van der Waals surface area contributed by atoms with E-state index in [1.54, 1.807) is 30.8 Å². The van der Waals surface area contributed by atoms with Crippen molar-refractivity contribution in [1.82, 2.24) is 39.5 Å². The van der Waals surface area contributed by atoms with E-state index >= 15 is 0 Å². The lowest BCUT2D eigenvalue weighted by Gasteiger charge is -2.59. The molecule has 2 saturated carbocycles. The van der Waals surface area contributed by atoms with Crippen molar-refractivity contribution in [3.8, 4) is 0 Å². The van der Waals surface area contributed by atoms with E-state index in [4.69, 9.17) is 9.97 Å². The average Bonchev–Trinajstić information content (AvgIpc) is 3.96. The van der Waals surface area contributed by atoms with Crippen molar-refractivity contribution in [3.63, 3.8) is 0 Å². The number of nitrogens with one attached hydrogen (secondary N) is 2. The summed E-state index contributed by atoms with van der Waals surface area (Å²) < 4.78 is 1.73. The van der Waals surface area contributed by atoms with E-state index < -0.39 is 11.6 Å². The number of piperidine rings is 1. The summed E-state index contributed by atoms with van der Waals surface area (Å²) in [4.78, 5) is 83.5. The van der Waals surface area contributed by atoms with Gasteiger partial charge in [0.25, 0.3) is 11.5 Å². The number of rotatable bonds is 15. The first-order valence-corrected chi connectivity index (χ1v) is 24.3. The zero-order chi connectivity index (χ0) is 47.3. The fourth-order valence-corrected chi connectivity index (χ4v) is 11.9. The van der Waals surface area contributed by atoms with Gasteiger partial charge in [-0.3, -0.25) is 33.5 Å². The number of fused-ring (bicyclic) bond motifs is 2. The molecule has 3 N–H and O–H groups in total. The van der Waals surface area contributed by atoms with Gasteiger partial charge < -0.3 is 25.4 Å². The molecule has 0 bridgehead atoms. The maximum absolute atomic E-state index is 13.6. The molecule has 15 heteroatoms. The molecule has 6 heterocycles. The molecule has 0 radical (unpaired) electrons. The molecule has 1 unspecified atom stereocenters. The summed E-state index contributed by atoms with van der Waals surface area (Å²) in [6.45, 7) is 8.99. The summed E-state index contributed by atoms with van der Waals surface area (Å²) >= 11 is 0. The summed E-state index contributed by atoms with van der Waals surface area (Å²) in [5.74, 6) is 0.879. The minimum Gasteiger partial charge on any atom is -0.385 e. The lowest BCUT2D eigenvalue weighted by molar-refractivity contribution is -0.121. The topological polar surface area (TPSA) is 183 Å². The van der Waals surface area contributed by atoms with Gasteiger partial charge >= 0.3 is 0 Å². The Morgan fingerprint density at radius 3 is 2.28 bits per heavy atom. The molecule has 1 spiro atoms. The van der Waals surface area contributed by atoms with Crippen molar-refractivity contribution in [3.05, 3.63) is 122 Å². The van der Waals surface area contributed by atoms with Crippen molar-refractivity contribution in [1.29, 1.82) is 0 Å². The first-order valence-electron chi connectivity index (χ1n) is 24.3. The molecule has 5 aromatic rings. The smallest absolute Gasteiger partial charge is 0.263 e. The third-order valence-corrected chi connectivity index (χ3v) is 15.7. The molecular weight excluding hydrogens is 859 g/mol. The number of aryl methyl sites for hydroxylation is 1. The van der Waals surface area contributed by atoms with Crippen LogP contribution in [-0.2, 0) is 34.8 Å². The maximum Gasteiger partial charge on any atom is 0.263 e. The van der Waals surface area contributed by atoms with Crippen LogP contribution in [0.4, 0.5) is 11.8 Å². The van der Waals surface area contributed by atoms with Gasteiger partial charge in [0.05, 0.1) is 17.2 Å². The van der Waals surface area contributed by atoms with Crippen molar-refractivity contribution < 1.29 is 24.3 Å². The number of hydrogen-bond acceptors (Lipinski definition) is 12. The number of amides is 2. The highest BCUT2D eigenvalue weighted by Gasteiger charge is 2.52. The first-order chi connectivity index (χ1) is 32.8. The number of carbonyl (C=O) groups excluding carboxylic acids is 4. The number of ketones is 1. The quantitative estimate of drug-likeness (QED) is 0.0771.